The molecule has 146 valence electrons. The van der Waals surface area contributed by atoms with Gasteiger partial charge in [-0.05, 0) is 18.2 Å². The van der Waals surface area contributed by atoms with Gasteiger partial charge in [0.05, 0.1) is 22.2 Å². The molecule has 2 saturated heterocycles. The van der Waals surface area contributed by atoms with Gasteiger partial charge in [0.15, 0.2) is 6.04 Å². The van der Waals surface area contributed by atoms with Gasteiger partial charge in [0, 0.05) is 5.56 Å². The molecule has 1 atom stereocenters. The van der Waals surface area contributed by atoms with Crippen molar-refractivity contribution in [3.05, 3.63) is 64.1 Å². The Morgan fingerprint density at radius 1 is 0.929 bits per heavy atom. The predicted octanol–water partition coefficient (Wildman–Crippen LogP) is 0.609. The number of rotatable bonds is 4. The Bertz CT molecular complexity index is 882. The van der Waals surface area contributed by atoms with E-state index in [0.29, 0.717) is 15.7 Å². The van der Waals surface area contributed by atoms with E-state index in [1.807, 2.05) is 6.07 Å². The molecule has 0 spiro atoms. The molecule has 0 aliphatic carbocycles. The van der Waals surface area contributed by atoms with Crippen LogP contribution >= 0.6 is 23.2 Å². The average molecular weight is 420 g/mol. The Hall–Kier alpha value is -1.92. The number of benzene rings is 2. The first-order valence-electron chi connectivity index (χ1n) is 9.57. The number of nitrogens with one attached hydrogen (secondary N) is 2. The largest absolute Gasteiger partial charge is 0.322 e. The number of carbonyl (C=O) groups is 2. The first kappa shape index (κ1) is 19.4. The van der Waals surface area contributed by atoms with Crippen molar-refractivity contribution in [1.82, 2.24) is 0 Å². The zero-order valence-corrected chi connectivity index (χ0v) is 17.0. The fourth-order valence-electron chi connectivity index (χ4n) is 4.18. The van der Waals surface area contributed by atoms with Crippen LogP contribution < -0.4 is 14.7 Å². The molecule has 2 fully saturated rings. The minimum absolute atomic E-state index is 0.134. The van der Waals surface area contributed by atoms with Gasteiger partial charge >= 0.3 is 0 Å². The summed E-state index contributed by atoms with van der Waals surface area (Å²) in [6.07, 6.45) is 0.252. The Balaban J connectivity index is 1.40. The molecule has 0 bridgehead atoms. The third-order valence-corrected chi connectivity index (χ3v) is 6.44. The summed E-state index contributed by atoms with van der Waals surface area (Å²) in [6, 6.07) is 15.0. The topological polar surface area (TPSA) is 46.3 Å². The molecule has 0 radical (unpaired) electrons. The van der Waals surface area contributed by atoms with Gasteiger partial charge in [-0.25, -0.2) is 4.90 Å². The van der Waals surface area contributed by atoms with Crippen molar-refractivity contribution < 1.29 is 19.4 Å². The summed E-state index contributed by atoms with van der Waals surface area (Å²) in [5.41, 5.74) is 1.83. The van der Waals surface area contributed by atoms with Gasteiger partial charge in [0.25, 0.3) is 5.91 Å². The highest BCUT2D eigenvalue weighted by Gasteiger charge is 2.47. The highest BCUT2D eigenvalue weighted by Crippen LogP contribution is 2.29. The second kappa shape index (κ2) is 8.21. The Morgan fingerprint density at radius 2 is 1.64 bits per heavy atom. The normalized spacial score (nSPS) is 25.4. The van der Waals surface area contributed by atoms with Crippen LogP contribution in [0.5, 0.6) is 0 Å². The van der Waals surface area contributed by atoms with Crippen LogP contribution in [0.2, 0.25) is 10.0 Å². The number of nitrogens with zero attached hydrogens (tertiary/aromatic N) is 1. The summed E-state index contributed by atoms with van der Waals surface area (Å²) < 4.78 is 0. The molecule has 0 saturated carbocycles. The van der Waals surface area contributed by atoms with Crippen LogP contribution in [0.15, 0.2) is 48.5 Å². The Kier molecular flexibility index (Phi) is 5.69. The summed E-state index contributed by atoms with van der Waals surface area (Å²) in [5.74, 6) is -0.301. The van der Waals surface area contributed by atoms with E-state index in [0.717, 1.165) is 32.7 Å². The van der Waals surface area contributed by atoms with E-state index < -0.39 is 0 Å². The fraction of sp³-hybridized carbons (Fsp3) is 0.333. The van der Waals surface area contributed by atoms with Crippen LogP contribution in [0.3, 0.4) is 0 Å². The molecule has 4 rings (SSSR count). The number of hydrogen-bond acceptors (Lipinski definition) is 2. The van der Waals surface area contributed by atoms with Crippen molar-refractivity contribution in [3.63, 3.8) is 0 Å². The van der Waals surface area contributed by atoms with Crippen molar-refractivity contribution in [1.29, 1.82) is 0 Å². The van der Waals surface area contributed by atoms with Gasteiger partial charge in [-0.2, -0.15) is 0 Å². The molecule has 2 aliphatic heterocycles. The van der Waals surface area contributed by atoms with Crippen molar-refractivity contribution in [2.75, 3.05) is 31.1 Å². The van der Waals surface area contributed by atoms with Gasteiger partial charge in [-0.15, -0.1) is 0 Å². The number of carbonyl (C=O) groups excluding carboxylic acids is 2. The van der Waals surface area contributed by atoms with E-state index in [2.05, 4.69) is 24.3 Å². The van der Waals surface area contributed by atoms with Crippen LogP contribution in [0.4, 0.5) is 5.69 Å². The van der Waals surface area contributed by atoms with Gasteiger partial charge < -0.3 is 9.80 Å². The number of imide groups is 1. The quantitative estimate of drug-likeness (QED) is 0.713. The molecule has 2 amide bonds. The maximum Gasteiger partial charge on any atom is 0.292 e. The lowest BCUT2D eigenvalue weighted by Crippen LogP contribution is -3.29. The predicted molar refractivity (Wildman–Crippen MR) is 109 cm³/mol. The number of amides is 2. The highest BCUT2D eigenvalue weighted by molar-refractivity contribution is 6.42. The molecule has 2 aromatic carbocycles. The standard InChI is InChI=1S/C21H21Cl2N3O2/c22-17-7-6-16(12-18(17)23)26-20(27)13-19(21(26)28)25-10-8-24(9-11-25)14-15-4-2-1-3-5-15/h1-7,12,19H,8-11,13-14H2/p+2/t19-/m1/s1. The molecule has 7 heteroatoms. The maximum atomic E-state index is 13.0. The van der Waals surface area contributed by atoms with Crippen LogP contribution in [-0.4, -0.2) is 44.0 Å². The molecular formula is C21H23Cl2N3O2+2. The van der Waals surface area contributed by atoms with Crippen LogP contribution in [0.1, 0.15) is 12.0 Å². The van der Waals surface area contributed by atoms with Crippen molar-refractivity contribution in [3.8, 4) is 0 Å². The number of hydrogen-bond donors (Lipinski definition) is 2. The first-order chi connectivity index (χ1) is 13.5. The lowest BCUT2D eigenvalue weighted by atomic mass is 10.1. The van der Waals surface area contributed by atoms with Gasteiger partial charge in [0.1, 0.15) is 32.7 Å². The molecule has 5 nitrogen and oxygen atoms in total. The maximum absolute atomic E-state index is 13.0. The fourth-order valence-corrected chi connectivity index (χ4v) is 4.47. The Labute approximate surface area is 174 Å². The highest BCUT2D eigenvalue weighted by atomic mass is 35.5. The molecule has 2 aromatic rings. The summed E-state index contributed by atoms with van der Waals surface area (Å²) in [6.45, 7) is 4.77. The van der Waals surface area contributed by atoms with Crippen LogP contribution in [0, 0.1) is 0 Å². The molecule has 28 heavy (non-hydrogen) atoms. The summed E-state index contributed by atoms with van der Waals surface area (Å²) in [5, 5.41) is 0.748. The lowest BCUT2D eigenvalue weighted by Gasteiger charge is -2.32. The van der Waals surface area contributed by atoms with Crippen LogP contribution in [0.25, 0.3) is 0 Å². The molecule has 0 aromatic heterocycles. The summed E-state index contributed by atoms with van der Waals surface area (Å²) in [7, 11) is 0. The smallest absolute Gasteiger partial charge is 0.292 e. The minimum atomic E-state index is -0.305. The second-order valence-corrected chi connectivity index (χ2v) is 8.31. The first-order valence-corrected chi connectivity index (χ1v) is 10.3. The molecule has 0 unspecified atom stereocenters. The third kappa shape index (κ3) is 3.94. The van der Waals surface area contributed by atoms with Gasteiger partial charge in [-0.3, -0.25) is 9.59 Å². The summed E-state index contributed by atoms with van der Waals surface area (Å²) in [4.78, 5) is 29.5. The van der Waals surface area contributed by atoms with Crippen molar-refractivity contribution in [2.45, 2.75) is 19.0 Å². The van der Waals surface area contributed by atoms with E-state index in [4.69, 9.17) is 23.2 Å². The van der Waals surface area contributed by atoms with Gasteiger partial charge in [-0.1, -0.05) is 53.5 Å². The molecular weight excluding hydrogens is 397 g/mol. The lowest BCUT2D eigenvalue weighted by molar-refractivity contribution is -1.02. The third-order valence-electron chi connectivity index (χ3n) is 5.70. The second-order valence-electron chi connectivity index (χ2n) is 7.49. The van der Waals surface area contributed by atoms with E-state index in [1.54, 1.807) is 18.2 Å². The van der Waals surface area contributed by atoms with E-state index in [9.17, 15) is 9.59 Å². The monoisotopic (exact) mass is 419 g/mol. The van der Waals surface area contributed by atoms with Crippen molar-refractivity contribution in [2.24, 2.45) is 0 Å². The molecule has 2 heterocycles. The summed E-state index contributed by atoms with van der Waals surface area (Å²) >= 11 is 12.0. The zero-order valence-electron chi connectivity index (χ0n) is 15.5. The molecule has 2 aliphatic rings. The number of halogens is 2. The molecule has 2 N–H and O–H groups in total. The number of quaternary nitrogens is 2. The van der Waals surface area contributed by atoms with Crippen molar-refractivity contribution >= 4 is 40.7 Å². The Morgan fingerprint density at radius 3 is 2.32 bits per heavy atom. The minimum Gasteiger partial charge on any atom is -0.322 e. The SMILES string of the molecule is O=C1C[C@@H]([NH+]2CC[NH+](Cc3ccccc3)CC2)C(=O)N1c1ccc(Cl)c(Cl)c1. The zero-order chi connectivity index (χ0) is 19.7. The number of anilines is 1. The average Bonchev–Trinajstić information content (AvgIpc) is 3.00. The van der Waals surface area contributed by atoms with Crippen LogP contribution in [-0.2, 0) is 16.1 Å². The van der Waals surface area contributed by atoms with Gasteiger partial charge in [0.2, 0.25) is 5.91 Å². The van der Waals surface area contributed by atoms with E-state index >= 15 is 0 Å². The van der Waals surface area contributed by atoms with E-state index in [-0.39, 0.29) is 24.3 Å². The number of piperazine rings is 1. The van der Waals surface area contributed by atoms with E-state index in [1.165, 1.54) is 20.3 Å².